The molecule has 0 saturated heterocycles. The molecule has 90 valence electrons. The summed E-state index contributed by atoms with van der Waals surface area (Å²) < 4.78 is 10.5. The van der Waals surface area contributed by atoms with E-state index in [9.17, 15) is 4.79 Å². The minimum atomic E-state index is -0.973. The van der Waals surface area contributed by atoms with Gasteiger partial charge in [0, 0.05) is 11.8 Å². The van der Waals surface area contributed by atoms with Crippen molar-refractivity contribution in [3.63, 3.8) is 0 Å². The lowest BCUT2D eigenvalue weighted by atomic mass is 10.1. The minimum Gasteiger partial charge on any atom is -0.478 e. The minimum absolute atomic E-state index is 0.206. The van der Waals surface area contributed by atoms with Crippen molar-refractivity contribution in [1.82, 2.24) is 4.98 Å². The van der Waals surface area contributed by atoms with Gasteiger partial charge >= 0.3 is 5.97 Å². The summed E-state index contributed by atoms with van der Waals surface area (Å²) >= 11 is 0. The highest BCUT2D eigenvalue weighted by Gasteiger charge is 2.14. The van der Waals surface area contributed by atoms with Crippen LogP contribution in [0.15, 0.2) is 36.5 Å². The number of hydrogen-bond acceptors (Lipinski definition) is 4. The number of carboxylic acids is 1. The Kier molecular flexibility index (Phi) is 2.37. The van der Waals surface area contributed by atoms with Gasteiger partial charge in [-0.05, 0) is 30.3 Å². The number of rotatable bonds is 2. The summed E-state index contributed by atoms with van der Waals surface area (Å²) in [4.78, 5) is 15.1. The molecular formula is C13H9NO4. The maximum absolute atomic E-state index is 10.9. The molecule has 5 heteroatoms. The zero-order valence-corrected chi connectivity index (χ0v) is 9.29. The summed E-state index contributed by atoms with van der Waals surface area (Å²) in [6.45, 7) is 0.210. The number of carbonyl (C=O) groups is 1. The second-order valence-electron chi connectivity index (χ2n) is 3.80. The summed E-state index contributed by atoms with van der Waals surface area (Å²) in [6, 6.07) is 8.38. The number of benzene rings is 1. The number of ether oxygens (including phenoxy) is 2. The van der Waals surface area contributed by atoms with Crippen LogP contribution in [0.1, 0.15) is 10.4 Å². The molecule has 0 spiro atoms. The second-order valence-corrected chi connectivity index (χ2v) is 3.80. The number of aromatic carboxylic acids is 1. The molecule has 0 unspecified atom stereocenters. The first-order valence-electron chi connectivity index (χ1n) is 5.33. The zero-order valence-electron chi connectivity index (χ0n) is 9.29. The highest BCUT2D eigenvalue weighted by molar-refractivity contribution is 5.88. The molecule has 0 amide bonds. The van der Waals surface area contributed by atoms with Crippen molar-refractivity contribution in [3.05, 3.63) is 42.1 Å². The molecule has 1 N–H and O–H groups in total. The first-order chi connectivity index (χ1) is 8.74. The molecule has 3 rings (SSSR count). The Morgan fingerprint density at radius 2 is 2.00 bits per heavy atom. The molecular weight excluding hydrogens is 234 g/mol. The van der Waals surface area contributed by atoms with Crippen LogP contribution in [0.4, 0.5) is 0 Å². The average Bonchev–Trinajstić information content (AvgIpc) is 2.86. The van der Waals surface area contributed by atoms with Crippen LogP contribution in [-0.4, -0.2) is 22.9 Å². The maximum Gasteiger partial charge on any atom is 0.335 e. The number of fused-ring (bicyclic) bond motifs is 1. The lowest BCUT2D eigenvalue weighted by Crippen LogP contribution is -1.97. The molecule has 2 aromatic rings. The van der Waals surface area contributed by atoms with E-state index >= 15 is 0 Å². The van der Waals surface area contributed by atoms with E-state index < -0.39 is 5.97 Å². The van der Waals surface area contributed by atoms with Crippen LogP contribution < -0.4 is 9.47 Å². The fraction of sp³-hybridized carbons (Fsp3) is 0.0769. The van der Waals surface area contributed by atoms with Crippen LogP contribution in [0.3, 0.4) is 0 Å². The van der Waals surface area contributed by atoms with Gasteiger partial charge in [0.1, 0.15) is 0 Å². The van der Waals surface area contributed by atoms with Crippen LogP contribution in [0.25, 0.3) is 11.3 Å². The Balaban J connectivity index is 2.04. The lowest BCUT2D eigenvalue weighted by Gasteiger charge is -2.03. The van der Waals surface area contributed by atoms with Gasteiger partial charge in [-0.1, -0.05) is 0 Å². The van der Waals surface area contributed by atoms with Crippen LogP contribution in [0.2, 0.25) is 0 Å². The van der Waals surface area contributed by atoms with Crippen molar-refractivity contribution in [2.45, 2.75) is 0 Å². The third kappa shape index (κ3) is 1.75. The van der Waals surface area contributed by atoms with E-state index in [0.717, 1.165) is 5.56 Å². The maximum atomic E-state index is 10.9. The SMILES string of the molecule is O=C(O)c1ccnc(-c2ccc3c(c2)OCO3)c1. The third-order valence-electron chi connectivity index (χ3n) is 2.68. The summed E-state index contributed by atoms with van der Waals surface area (Å²) in [5.74, 6) is 0.363. The molecule has 18 heavy (non-hydrogen) atoms. The Morgan fingerprint density at radius 3 is 2.83 bits per heavy atom. The van der Waals surface area contributed by atoms with Gasteiger partial charge in [0.05, 0.1) is 11.3 Å². The van der Waals surface area contributed by atoms with Crippen LogP contribution >= 0.6 is 0 Å². The van der Waals surface area contributed by atoms with Crippen molar-refractivity contribution in [3.8, 4) is 22.8 Å². The summed E-state index contributed by atoms with van der Waals surface area (Å²) in [6.07, 6.45) is 1.48. The van der Waals surface area contributed by atoms with E-state index in [2.05, 4.69) is 4.98 Å². The molecule has 1 aromatic heterocycles. The van der Waals surface area contributed by atoms with Gasteiger partial charge in [-0.2, -0.15) is 0 Å². The zero-order chi connectivity index (χ0) is 12.5. The normalized spacial score (nSPS) is 12.4. The van der Waals surface area contributed by atoms with Gasteiger partial charge in [-0.25, -0.2) is 4.79 Å². The molecule has 0 bridgehead atoms. The molecule has 1 aliphatic rings. The quantitative estimate of drug-likeness (QED) is 0.875. The standard InChI is InChI=1S/C13H9NO4/c15-13(16)9-3-4-14-10(5-9)8-1-2-11-12(6-8)18-7-17-11/h1-6H,7H2,(H,15,16). The average molecular weight is 243 g/mol. The molecule has 0 aliphatic carbocycles. The van der Waals surface area contributed by atoms with E-state index in [0.29, 0.717) is 17.2 Å². The fourth-order valence-electron chi connectivity index (χ4n) is 1.78. The highest BCUT2D eigenvalue weighted by Crippen LogP contribution is 2.35. The lowest BCUT2D eigenvalue weighted by molar-refractivity contribution is 0.0697. The number of aromatic nitrogens is 1. The van der Waals surface area contributed by atoms with Crippen molar-refractivity contribution < 1.29 is 19.4 Å². The van der Waals surface area contributed by atoms with Crippen molar-refractivity contribution in [2.24, 2.45) is 0 Å². The molecule has 2 heterocycles. The first-order valence-corrected chi connectivity index (χ1v) is 5.33. The number of pyridine rings is 1. The molecule has 0 atom stereocenters. The second kappa shape index (κ2) is 4.03. The Morgan fingerprint density at radius 1 is 1.17 bits per heavy atom. The van der Waals surface area contributed by atoms with Gasteiger partial charge in [0.15, 0.2) is 11.5 Å². The Hall–Kier alpha value is -2.56. The summed E-state index contributed by atoms with van der Waals surface area (Å²) in [5, 5.41) is 8.94. The summed E-state index contributed by atoms with van der Waals surface area (Å²) in [7, 11) is 0. The van der Waals surface area contributed by atoms with E-state index in [1.807, 2.05) is 6.07 Å². The largest absolute Gasteiger partial charge is 0.478 e. The topological polar surface area (TPSA) is 68.7 Å². The van der Waals surface area contributed by atoms with Gasteiger partial charge in [-0.15, -0.1) is 0 Å². The molecule has 0 fully saturated rings. The molecule has 1 aliphatic heterocycles. The molecule has 0 radical (unpaired) electrons. The van der Waals surface area contributed by atoms with Crippen LogP contribution in [-0.2, 0) is 0 Å². The smallest absolute Gasteiger partial charge is 0.335 e. The van der Waals surface area contributed by atoms with Crippen molar-refractivity contribution in [1.29, 1.82) is 0 Å². The molecule has 5 nitrogen and oxygen atoms in total. The Bertz CT molecular complexity index is 624. The van der Waals surface area contributed by atoms with Crippen molar-refractivity contribution in [2.75, 3.05) is 6.79 Å². The third-order valence-corrected chi connectivity index (χ3v) is 2.68. The monoisotopic (exact) mass is 243 g/mol. The predicted octanol–water partition coefficient (Wildman–Crippen LogP) is 2.18. The number of nitrogens with zero attached hydrogens (tertiary/aromatic N) is 1. The Labute approximate surface area is 103 Å². The van der Waals surface area contributed by atoms with E-state index in [-0.39, 0.29) is 12.4 Å². The molecule has 0 saturated carbocycles. The first kappa shape index (κ1) is 10.6. The number of carboxylic acid groups (broad SMARTS) is 1. The highest BCUT2D eigenvalue weighted by atomic mass is 16.7. The van der Waals surface area contributed by atoms with E-state index in [1.54, 1.807) is 12.1 Å². The van der Waals surface area contributed by atoms with E-state index in [1.165, 1.54) is 18.3 Å². The van der Waals surface area contributed by atoms with Crippen molar-refractivity contribution >= 4 is 5.97 Å². The van der Waals surface area contributed by atoms with Gasteiger partial charge in [0.25, 0.3) is 0 Å². The summed E-state index contributed by atoms with van der Waals surface area (Å²) in [5.41, 5.74) is 1.59. The van der Waals surface area contributed by atoms with Crippen LogP contribution in [0.5, 0.6) is 11.5 Å². The van der Waals surface area contributed by atoms with Gasteiger partial charge < -0.3 is 14.6 Å². The fourth-order valence-corrected chi connectivity index (χ4v) is 1.78. The van der Waals surface area contributed by atoms with Crippen LogP contribution in [0, 0.1) is 0 Å². The predicted molar refractivity (Wildman–Crippen MR) is 62.8 cm³/mol. The van der Waals surface area contributed by atoms with E-state index in [4.69, 9.17) is 14.6 Å². The molecule has 1 aromatic carbocycles. The number of hydrogen-bond donors (Lipinski definition) is 1. The van der Waals surface area contributed by atoms with Gasteiger partial charge in [0.2, 0.25) is 6.79 Å². The van der Waals surface area contributed by atoms with Gasteiger partial charge in [-0.3, -0.25) is 4.98 Å².